The predicted octanol–water partition coefficient (Wildman–Crippen LogP) is 3.71. The first-order valence-corrected chi connectivity index (χ1v) is 7.21. The maximum Gasteiger partial charge on any atom is 0.339 e. The smallest absolute Gasteiger partial charge is 0.339 e. The van der Waals surface area contributed by atoms with Gasteiger partial charge in [0.05, 0.1) is 24.3 Å². The zero-order valence-electron chi connectivity index (χ0n) is 12.7. The molecule has 0 saturated heterocycles. The SMILES string of the molecule is CCOC(=O)c1ccc(-c2ccccc2)cc1C(=O)OCC. The molecule has 0 heterocycles. The van der Waals surface area contributed by atoms with E-state index in [0.717, 1.165) is 11.1 Å². The molecule has 0 bridgehead atoms. The minimum atomic E-state index is -0.525. The van der Waals surface area contributed by atoms with Gasteiger partial charge in [-0.2, -0.15) is 0 Å². The summed E-state index contributed by atoms with van der Waals surface area (Å²) in [5.74, 6) is -1.05. The fourth-order valence-electron chi connectivity index (χ4n) is 2.12. The van der Waals surface area contributed by atoms with Gasteiger partial charge in [-0.05, 0) is 37.1 Å². The van der Waals surface area contributed by atoms with Crippen LogP contribution in [0, 0.1) is 0 Å². The molecule has 2 aromatic carbocycles. The molecule has 0 N–H and O–H groups in total. The third kappa shape index (κ3) is 3.52. The van der Waals surface area contributed by atoms with Crippen LogP contribution in [0.15, 0.2) is 48.5 Å². The highest BCUT2D eigenvalue weighted by molar-refractivity contribution is 6.04. The first-order valence-electron chi connectivity index (χ1n) is 7.21. The third-order valence-electron chi connectivity index (χ3n) is 3.12. The number of rotatable bonds is 5. The number of carbonyl (C=O) groups excluding carboxylic acids is 2. The first kappa shape index (κ1) is 15.8. The summed E-state index contributed by atoms with van der Waals surface area (Å²) in [6.45, 7) is 3.95. The van der Waals surface area contributed by atoms with Gasteiger partial charge in [0, 0.05) is 0 Å². The summed E-state index contributed by atoms with van der Waals surface area (Å²) < 4.78 is 10.0. The van der Waals surface area contributed by atoms with Crippen molar-refractivity contribution in [3.8, 4) is 11.1 Å². The maximum absolute atomic E-state index is 12.1. The Hall–Kier alpha value is -2.62. The van der Waals surface area contributed by atoms with Crippen LogP contribution in [0.5, 0.6) is 0 Å². The van der Waals surface area contributed by atoms with Crippen molar-refractivity contribution in [1.29, 1.82) is 0 Å². The van der Waals surface area contributed by atoms with Crippen molar-refractivity contribution in [3.05, 3.63) is 59.7 Å². The van der Waals surface area contributed by atoms with Gasteiger partial charge in [-0.15, -0.1) is 0 Å². The van der Waals surface area contributed by atoms with Gasteiger partial charge >= 0.3 is 11.9 Å². The zero-order valence-corrected chi connectivity index (χ0v) is 12.7. The van der Waals surface area contributed by atoms with E-state index in [1.807, 2.05) is 30.3 Å². The highest BCUT2D eigenvalue weighted by Gasteiger charge is 2.20. The lowest BCUT2D eigenvalue weighted by molar-refractivity contribution is 0.0479. The lowest BCUT2D eigenvalue weighted by atomic mass is 9.99. The van der Waals surface area contributed by atoms with E-state index in [9.17, 15) is 9.59 Å². The molecule has 4 nitrogen and oxygen atoms in total. The Kier molecular flexibility index (Phi) is 5.31. The van der Waals surface area contributed by atoms with Gasteiger partial charge in [-0.1, -0.05) is 36.4 Å². The number of ether oxygens (including phenoxy) is 2. The van der Waals surface area contributed by atoms with Gasteiger partial charge in [0.25, 0.3) is 0 Å². The lowest BCUT2D eigenvalue weighted by Crippen LogP contribution is -2.14. The van der Waals surface area contributed by atoms with E-state index in [0.29, 0.717) is 0 Å². The molecular formula is C18H18O4. The van der Waals surface area contributed by atoms with Crippen molar-refractivity contribution in [3.63, 3.8) is 0 Å². The molecule has 0 aliphatic carbocycles. The predicted molar refractivity (Wildman–Crippen MR) is 83.8 cm³/mol. The van der Waals surface area contributed by atoms with Crippen LogP contribution in [-0.4, -0.2) is 25.2 Å². The Bertz CT molecular complexity index is 662. The van der Waals surface area contributed by atoms with Crippen LogP contribution in [0.25, 0.3) is 11.1 Å². The minimum absolute atomic E-state index is 0.222. The standard InChI is InChI=1S/C18H18O4/c1-3-21-17(19)15-11-10-14(13-8-6-5-7-9-13)12-16(15)18(20)22-4-2/h5-12H,3-4H2,1-2H3. The topological polar surface area (TPSA) is 52.6 Å². The highest BCUT2D eigenvalue weighted by Crippen LogP contribution is 2.23. The molecule has 4 heteroatoms. The second-order valence-corrected chi connectivity index (χ2v) is 4.57. The Balaban J connectivity index is 2.48. The van der Waals surface area contributed by atoms with Gasteiger partial charge in [0.15, 0.2) is 0 Å². The molecule has 22 heavy (non-hydrogen) atoms. The van der Waals surface area contributed by atoms with Crippen LogP contribution >= 0.6 is 0 Å². The molecule has 0 saturated carbocycles. The van der Waals surface area contributed by atoms with Crippen LogP contribution in [0.4, 0.5) is 0 Å². The van der Waals surface area contributed by atoms with Crippen molar-refractivity contribution in [2.24, 2.45) is 0 Å². The van der Waals surface area contributed by atoms with Crippen LogP contribution in [-0.2, 0) is 9.47 Å². The lowest BCUT2D eigenvalue weighted by Gasteiger charge is -2.10. The first-order chi connectivity index (χ1) is 10.7. The average molecular weight is 298 g/mol. The fraction of sp³-hybridized carbons (Fsp3) is 0.222. The molecule has 0 fully saturated rings. The van der Waals surface area contributed by atoms with Gasteiger partial charge in [-0.3, -0.25) is 0 Å². The van der Waals surface area contributed by atoms with Crippen molar-refractivity contribution < 1.29 is 19.1 Å². The molecular weight excluding hydrogens is 280 g/mol. The summed E-state index contributed by atoms with van der Waals surface area (Å²) in [6.07, 6.45) is 0. The summed E-state index contributed by atoms with van der Waals surface area (Å²) in [7, 11) is 0. The molecule has 114 valence electrons. The molecule has 0 atom stereocenters. The number of esters is 2. The van der Waals surface area contributed by atoms with Gasteiger partial charge in [-0.25, -0.2) is 9.59 Å². The molecule has 0 spiro atoms. The van der Waals surface area contributed by atoms with Crippen LogP contribution in [0.3, 0.4) is 0 Å². The van der Waals surface area contributed by atoms with E-state index in [4.69, 9.17) is 9.47 Å². The number of benzene rings is 2. The van der Waals surface area contributed by atoms with E-state index >= 15 is 0 Å². The van der Waals surface area contributed by atoms with Crippen molar-refractivity contribution in [2.75, 3.05) is 13.2 Å². The third-order valence-corrected chi connectivity index (χ3v) is 3.12. The molecule has 0 unspecified atom stereocenters. The van der Waals surface area contributed by atoms with Gasteiger partial charge < -0.3 is 9.47 Å². The van der Waals surface area contributed by atoms with E-state index in [2.05, 4.69) is 0 Å². The summed E-state index contributed by atoms with van der Waals surface area (Å²) in [5.41, 5.74) is 2.25. The monoisotopic (exact) mass is 298 g/mol. The number of carbonyl (C=O) groups is 2. The summed E-state index contributed by atoms with van der Waals surface area (Å²) >= 11 is 0. The molecule has 0 aromatic heterocycles. The maximum atomic E-state index is 12.1. The Morgan fingerprint density at radius 3 is 1.95 bits per heavy atom. The molecule has 0 radical (unpaired) electrons. The Morgan fingerprint density at radius 1 is 0.773 bits per heavy atom. The molecule has 0 amide bonds. The van der Waals surface area contributed by atoms with Crippen molar-refractivity contribution in [1.82, 2.24) is 0 Å². The number of hydrogen-bond acceptors (Lipinski definition) is 4. The summed E-state index contributed by atoms with van der Waals surface area (Å²) in [6, 6.07) is 14.7. The summed E-state index contributed by atoms with van der Waals surface area (Å²) in [5, 5.41) is 0. The minimum Gasteiger partial charge on any atom is -0.462 e. The number of hydrogen-bond donors (Lipinski definition) is 0. The van der Waals surface area contributed by atoms with Crippen molar-refractivity contribution >= 4 is 11.9 Å². The summed E-state index contributed by atoms with van der Waals surface area (Å²) in [4.78, 5) is 24.1. The van der Waals surface area contributed by atoms with Crippen LogP contribution in [0.2, 0.25) is 0 Å². The largest absolute Gasteiger partial charge is 0.462 e. The van der Waals surface area contributed by atoms with E-state index < -0.39 is 11.9 Å². The average Bonchev–Trinajstić information content (AvgIpc) is 2.55. The van der Waals surface area contributed by atoms with E-state index in [1.165, 1.54) is 0 Å². The molecule has 0 aliphatic heterocycles. The molecule has 2 rings (SSSR count). The molecule has 2 aromatic rings. The van der Waals surface area contributed by atoms with Crippen LogP contribution < -0.4 is 0 Å². The molecule has 0 aliphatic rings. The van der Waals surface area contributed by atoms with Crippen molar-refractivity contribution in [2.45, 2.75) is 13.8 Å². The quantitative estimate of drug-likeness (QED) is 0.790. The van der Waals surface area contributed by atoms with E-state index in [-0.39, 0.29) is 24.3 Å². The highest BCUT2D eigenvalue weighted by atomic mass is 16.5. The van der Waals surface area contributed by atoms with Crippen LogP contribution in [0.1, 0.15) is 34.6 Å². The second-order valence-electron chi connectivity index (χ2n) is 4.57. The fourth-order valence-corrected chi connectivity index (χ4v) is 2.12. The second kappa shape index (κ2) is 7.41. The Morgan fingerprint density at radius 2 is 1.36 bits per heavy atom. The Labute approximate surface area is 129 Å². The normalized spacial score (nSPS) is 10.1. The zero-order chi connectivity index (χ0) is 15.9. The van der Waals surface area contributed by atoms with E-state index in [1.54, 1.807) is 32.0 Å². The van der Waals surface area contributed by atoms with Gasteiger partial charge in [0.1, 0.15) is 0 Å². The van der Waals surface area contributed by atoms with Gasteiger partial charge in [0.2, 0.25) is 0 Å².